The van der Waals surface area contributed by atoms with Crippen LogP contribution >= 0.6 is 0 Å². The number of nitrogens with zero attached hydrogens (tertiary/aromatic N) is 6. The van der Waals surface area contributed by atoms with E-state index in [0.29, 0.717) is 18.3 Å². The van der Waals surface area contributed by atoms with Gasteiger partial charge in [0, 0.05) is 51.0 Å². The second kappa shape index (κ2) is 9.45. The van der Waals surface area contributed by atoms with E-state index in [2.05, 4.69) is 36.7 Å². The molecule has 0 radical (unpaired) electrons. The fourth-order valence-corrected chi connectivity index (χ4v) is 3.68. The lowest BCUT2D eigenvalue weighted by Gasteiger charge is -2.33. The monoisotopic (exact) mass is 386 g/mol. The van der Waals surface area contributed by atoms with E-state index in [1.807, 2.05) is 18.3 Å². The number of aromatic nitrogens is 3. The second-order valence-electron chi connectivity index (χ2n) is 7.49. The summed E-state index contributed by atoms with van der Waals surface area (Å²) in [4.78, 5) is 16.3. The van der Waals surface area contributed by atoms with Crippen LogP contribution in [0, 0.1) is 0 Å². The van der Waals surface area contributed by atoms with Crippen molar-refractivity contribution in [1.82, 2.24) is 24.9 Å². The van der Waals surface area contributed by atoms with Crippen LogP contribution < -0.4 is 4.90 Å². The molecule has 28 heavy (non-hydrogen) atoms. The first-order valence-corrected chi connectivity index (χ1v) is 10.4. The van der Waals surface area contributed by atoms with Crippen LogP contribution in [-0.2, 0) is 11.3 Å². The molecule has 0 amide bonds. The van der Waals surface area contributed by atoms with E-state index in [-0.39, 0.29) is 0 Å². The van der Waals surface area contributed by atoms with Crippen LogP contribution in [-0.4, -0.2) is 84.0 Å². The lowest BCUT2D eigenvalue weighted by atomic mass is 10.2. The van der Waals surface area contributed by atoms with E-state index in [1.54, 1.807) is 0 Å². The van der Waals surface area contributed by atoms with Gasteiger partial charge < -0.3 is 19.1 Å². The average molecular weight is 387 g/mol. The highest BCUT2D eigenvalue weighted by Gasteiger charge is 2.19. The maximum Gasteiger partial charge on any atom is 0.241 e. The zero-order valence-electron chi connectivity index (χ0n) is 16.7. The van der Waals surface area contributed by atoms with Gasteiger partial charge in [0.05, 0.1) is 19.8 Å². The predicted octanol–water partition coefficient (Wildman–Crippen LogP) is 1.89. The molecule has 152 valence electrons. The van der Waals surface area contributed by atoms with E-state index >= 15 is 0 Å². The van der Waals surface area contributed by atoms with Gasteiger partial charge in [-0.3, -0.25) is 4.90 Å². The van der Waals surface area contributed by atoms with Crippen molar-refractivity contribution in [2.75, 3.05) is 63.9 Å². The summed E-state index contributed by atoms with van der Waals surface area (Å²) in [6, 6.07) is 4.03. The van der Waals surface area contributed by atoms with Gasteiger partial charge in [0.2, 0.25) is 11.7 Å². The van der Waals surface area contributed by atoms with Gasteiger partial charge in [-0.25, -0.2) is 4.98 Å². The zero-order chi connectivity index (χ0) is 19.2. The summed E-state index contributed by atoms with van der Waals surface area (Å²) < 4.78 is 10.9. The zero-order valence-corrected chi connectivity index (χ0v) is 16.7. The van der Waals surface area contributed by atoms with Gasteiger partial charge in [-0.1, -0.05) is 18.5 Å². The minimum absolute atomic E-state index is 0.609. The van der Waals surface area contributed by atoms with Gasteiger partial charge in [-0.2, -0.15) is 4.98 Å². The van der Waals surface area contributed by atoms with Gasteiger partial charge in [0.1, 0.15) is 5.82 Å². The molecule has 2 aliphatic heterocycles. The molecule has 8 heteroatoms. The first-order valence-electron chi connectivity index (χ1n) is 10.4. The minimum Gasteiger partial charge on any atom is -0.378 e. The largest absolute Gasteiger partial charge is 0.378 e. The SMILES string of the molecule is CCCCN1CCN(Cc2nc(-c3ccc(N4CCOCC4)nc3)no2)CC1. The van der Waals surface area contributed by atoms with Crippen molar-refractivity contribution in [2.45, 2.75) is 26.3 Å². The molecule has 0 bridgehead atoms. The Balaban J connectivity index is 1.30. The molecule has 0 unspecified atom stereocenters. The Kier molecular flexibility index (Phi) is 6.51. The highest BCUT2D eigenvalue weighted by molar-refractivity contribution is 5.55. The number of rotatable bonds is 7. The van der Waals surface area contributed by atoms with Gasteiger partial charge in [0.25, 0.3) is 0 Å². The lowest BCUT2D eigenvalue weighted by molar-refractivity contribution is 0.116. The number of anilines is 1. The van der Waals surface area contributed by atoms with Crippen LogP contribution in [0.1, 0.15) is 25.7 Å². The van der Waals surface area contributed by atoms with Crippen molar-refractivity contribution in [3.63, 3.8) is 0 Å². The highest BCUT2D eigenvalue weighted by Crippen LogP contribution is 2.20. The third kappa shape index (κ3) is 4.87. The van der Waals surface area contributed by atoms with Gasteiger partial charge in [-0.05, 0) is 25.1 Å². The first kappa shape index (κ1) is 19.3. The van der Waals surface area contributed by atoms with Crippen molar-refractivity contribution in [3.05, 3.63) is 24.2 Å². The molecule has 2 aromatic heterocycles. The molecular formula is C20H30N6O2. The molecule has 4 heterocycles. The van der Waals surface area contributed by atoms with Crippen molar-refractivity contribution in [3.8, 4) is 11.4 Å². The quantitative estimate of drug-likeness (QED) is 0.714. The normalized spacial score (nSPS) is 19.2. The molecule has 2 fully saturated rings. The van der Waals surface area contributed by atoms with Crippen molar-refractivity contribution in [2.24, 2.45) is 0 Å². The maximum absolute atomic E-state index is 5.49. The molecule has 2 saturated heterocycles. The van der Waals surface area contributed by atoms with Crippen LogP contribution in [0.3, 0.4) is 0 Å². The number of hydrogen-bond acceptors (Lipinski definition) is 8. The fourth-order valence-electron chi connectivity index (χ4n) is 3.68. The second-order valence-corrected chi connectivity index (χ2v) is 7.49. The van der Waals surface area contributed by atoms with Gasteiger partial charge >= 0.3 is 0 Å². The Morgan fingerprint density at radius 3 is 2.50 bits per heavy atom. The molecule has 0 saturated carbocycles. The third-order valence-corrected chi connectivity index (χ3v) is 5.46. The smallest absolute Gasteiger partial charge is 0.241 e. The standard InChI is InChI=1S/C20H30N6O2/c1-2-3-6-24-7-9-25(10-8-24)16-19-22-20(23-28-19)17-4-5-18(21-15-17)26-11-13-27-14-12-26/h4-5,15H,2-3,6-14,16H2,1H3. The summed E-state index contributed by atoms with van der Waals surface area (Å²) in [5.74, 6) is 2.25. The van der Waals surface area contributed by atoms with Crippen molar-refractivity contribution >= 4 is 5.82 Å². The molecule has 0 spiro atoms. The highest BCUT2D eigenvalue weighted by atomic mass is 16.5. The number of hydrogen-bond donors (Lipinski definition) is 0. The Labute approximate surface area is 166 Å². The van der Waals surface area contributed by atoms with Crippen molar-refractivity contribution < 1.29 is 9.26 Å². The van der Waals surface area contributed by atoms with Crippen LogP contribution in [0.25, 0.3) is 11.4 Å². The number of morpholine rings is 1. The fraction of sp³-hybridized carbons (Fsp3) is 0.650. The molecule has 2 aliphatic rings. The number of ether oxygens (including phenoxy) is 1. The Bertz CT molecular complexity index is 721. The number of pyridine rings is 1. The van der Waals surface area contributed by atoms with Crippen LogP contribution in [0.4, 0.5) is 5.82 Å². The Morgan fingerprint density at radius 2 is 1.79 bits per heavy atom. The minimum atomic E-state index is 0.609. The van der Waals surface area contributed by atoms with Crippen molar-refractivity contribution in [1.29, 1.82) is 0 Å². The van der Waals surface area contributed by atoms with Gasteiger partial charge in [0.15, 0.2) is 0 Å². The first-order chi connectivity index (χ1) is 13.8. The Hall–Kier alpha value is -2.03. The van der Waals surface area contributed by atoms with E-state index < -0.39 is 0 Å². The average Bonchev–Trinajstić information content (AvgIpc) is 3.22. The predicted molar refractivity (Wildman–Crippen MR) is 107 cm³/mol. The lowest BCUT2D eigenvalue weighted by Crippen LogP contribution is -2.46. The molecule has 4 rings (SSSR count). The molecular weight excluding hydrogens is 356 g/mol. The molecule has 0 atom stereocenters. The summed E-state index contributed by atoms with van der Waals surface area (Å²) in [6.45, 7) is 11.8. The maximum atomic E-state index is 5.49. The van der Waals surface area contributed by atoms with Crippen LogP contribution in [0.5, 0.6) is 0 Å². The molecule has 0 aromatic carbocycles. The molecule has 0 aliphatic carbocycles. The van der Waals surface area contributed by atoms with E-state index in [9.17, 15) is 0 Å². The summed E-state index contributed by atoms with van der Waals surface area (Å²) >= 11 is 0. The molecule has 0 N–H and O–H groups in total. The third-order valence-electron chi connectivity index (χ3n) is 5.46. The number of unbranched alkanes of at least 4 members (excludes halogenated alkanes) is 1. The Morgan fingerprint density at radius 1 is 1.00 bits per heavy atom. The van der Waals surface area contributed by atoms with Crippen LogP contribution in [0.2, 0.25) is 0 Å². The summed E-state index contributed by atoms with van der Waals surface area (Å²) in [7, 11) is 0. The molecule has 2 aromatic rings. The van der Waals surface area contributed by atoms with E-state index in [4.69, 9.17) is 9.26 Å². The van der Waals surface area contributed by atoms with E-state index in [1.165, 1.54) is 19.4 Å². The number of piperazine rings is 1. The topological polar surface area (TPSA) is 70.8 Å². The summed E-state index contributed by atoms with van der Waals surface area (Å²) in [5, 5.41) is 4.15. The van der Waals surface area contributed by atoms with E-state index in [0.717, 1.165) is 63.9 Å². The van der Waals surface area contributed by atoms with Crippen LogP contribution in [0.15, 0.2) is 22.9 Å². The summed E-state index contributed by atoms with van der Waals surface area (Å²) in [6.07, 6.45) is 4.37. The van der Waals surface area contributed by atoms with Gasteiger partial charge in [-0.15, -0.1) is 0 Å². The molecule has 8 nitrogen and oxygen atoms in total. The summed E-state index contributed by atoms with van der Waals surface area (Å²) in [5.41, 5.74) is 0.886.